The van der Waals surface area contributed by atoms with E-state index in [1.54, 1.807) is 32.5 Å². The topological polar surface area (TPSA) is 0 Å². The van der Waals surface area contributed by atoms with E-state index >= 15 is 0 Å². The van der Waals surface area contributed by atoms with E-state index in [0.29, 0.717) is 0 Å². The van der Waals surface area contributed by atoms with Gasteiger partial charge in [0.15, 0.2) is 0 Å². The fourth-order valence-corrected chi connectivity index (χ4v) is 8.03. The number of unbranched alkanes of at least 4 members (excludes halogenated alkanes) is 3. The average Bonchev–Trinajstić information content (AvgIpc) is 2.50. The molecule has 0 bridgehead atoms. The van der Waals surface area contributed by atoms with Crippen molar-refractivity contribution in [2.24, 2.45) is 0 Å². The number of halogens is 1. The molecule has 0 saturated carbocycles. The zero-order chi connectivity index (χ0) is 7.94. The Bertz CT molecular complexity index is 84.9. The second-order valence-corrected chi connectivity index (χ2v) is 9.87. The van der Waals surface area contributed by atoms with Crippen molar-refractivity contribution in [2.45, 2.75) is 45.4 Å². The molecule has 1 aliphatic rings. The van der Waals surface area contributed by atoms with Crippen LogP contribution in [0.1, 0.15) is 45.4 Å². The van der Waals surface area contributed by atoms with Crippen LogP contribution in [0, 0.1) is 0 Å². The summed E-state index contributed by atoms with van der Waals surface area (Å²) in [5.41, 5.74) is 0. The van der Waals surface area contributed by atoms with Gasteiger partial charge in [-0.3, -0.25) is 0 Å². The van der Waals surface area contributed by atoms with Crippen LogP contribution in [0.2, 0.25) is 0 Å². The van der Waals surface area contributed by atoms with E-state index < -0.39 is 0 Å². The van der Waals surface area contributed by atoms with Gasteiger partial charge in [-0.1, -0.05) is 0 Å². The predicted molar refractivity (Wildman–Crippen MR) is 62.0 cm³/mol. The number of hydrogen-bond donors (Lipinski definition) is 0. The van der Waals surface area contributed by atoms with Gasteiger partial charge in [-0.05, 0) is 0 Å². The second kappa shape index (κ2) is 6.27. The van der Waals surface area contributed by atoms with Crippen molar-refractivity contribution in [1.29, 1.82) is 0 Å². The zero-order valence-electron chi connectivity index (χ0n) is 7.74. The molecule has 1 aliphatic heterocycles. The van der Waals surface area contributed by atoms with Crippen molar-refractivity contribution in [1.82, 2.24) is 0 Å². The summed E-state index contributed by atoms with van der Waals surface area (Å²) in [6.07, 6.45) is 9.12. The molecular formula is C10H21I. The third-order valence-corrected chi connectivity index (χ3v) is 9.17. The molecule has 0 unspecified atom stereocenters. The molecule has 1 heteroatoms. The van der Waals surface area contributed by atoms with Gasteiger partial charge >= 0.3 is 78.6 Å². The van der Waals surface area contributed by atoms with Gasteiger partial charge in [0.1, 0.15) is 0 Å². The van der Waals surface area contributed by atoms with Gasteiger partial charge in [0.2, 0.25) is 0 Å². The van der Waals surface area contributed by atoms with Crippen molar-refractivity contribution in [3.8, 4) is 0 Å². The predicted octanol–water partition coefficient (Wildman–Crippen LogP) is 3.87. The van der Waals surface area contributed by atoms with Crippen molar-refractivity contribution < 1.29 is 0 Å². The Kier molecular flexibility index (Phi) is 5.59. The van der Waals surface area contributed by atoms with Crippen LogP contribution in [0.15, 0.2) is 0 Å². The molecule has 0 aromatic carbocycles. The van der Waals surface area contributed by atoms with Crippen LogP contribution >= 0.6 is 19.8 Å². The molecule has 0 aromatic rings. The number of alkyl halides is 3. The summed E-state index contributed by atoms with van der Waals surface area (Å²) in [6.45, 7) is 2.30. The Morgan fingerprint density at radius 2 is 1.73 bits per heavy atom. The van der Waals surface area contributed by atoms with Crippen molar-refractivity contribution in [3.05, 3.63) is 0 Å². The van der Waals surface area contributed by atoms with E-state index in [1.807, 2.05) is 0 Å². The van der Waals surface area contributed by atoms with Gasteiger partial charge in [-0.2, -0.15) is 0 Å². The van der Waals surface area contributed by atoms with Crippen LogP contribution in [-0.4, -0.2) is 13.3 Å². The van der Waals surface area contributed by atoms with E-state index in [2.05, 4.69) is 6.92 Å². The normalized spacial score (nSPS) is 21.0. The first-order valence-electron chi connectivity index (χ1n) is 5.01. The molecule has 1 rings (SSSR count). The summed E-state index contributed by atoms with van der Waals surface area (Å²) >= 11 is -0.283. The summed E-state index contributed by atoms with van der Waals surface area (Å²) in [6, 6.07) is 0. The van der Waals surface area contributed by atoms with E-state index in [9.17, 15) is 0 Å². The molecule has 68 valence electrons. The van der Waals surface area contributed by atoms with Crippen molar-refractivity contribution in [3.63, 3.8) is 0 Å². The van der Waals surface area contributed by atoms with E-state index in [4.69, 9.17) is 0 Å². The summed E-state index contributed by atoms with van der Waals surface area (Å²) in [7, 11) is 0. The first kappa shape index (κ1) is 9.82. The van der Waals surface area contributed by atoms with Crippen LogP contribution < -0.4 is 0 Å². The average molecular weight is 268 g/mol. The van der Waals surface area contributed by atoms with Gasteiger partial charge in [-0.15, -0.1) is 0 Å². The molecule has 0 amide bonds. The summed E-state index contributed by atoms with van der Waals surface area (Å²) in [5.74, 6) is 0. The Balaban J connectivity index is 1.86. The monoisotopic (exact) mass is 268 g/mol. The molecule has 11 heavy (non-hydrogen) atoms. The quantitative estimate of drug-likeness (QED) is 0.403. The Hall–Kier alpha value is 0.730. The van der Waals surface area contributed by atoms with Crippen LogP contribution in [0.3, 0.4) is 0 Å². The maximum atomic E-state index is 2.30. The first-order chi connectivity index (χ1) is 5.43. The van der Waals surface area contributed by atoms with Gasteiger partial charge in [0.25, 0.3) is 0 Å². The minimum atomic E-state index is -0.283. The van der Waals surface area contributed by atoms with Gasteiger partial charge in [0.05, 0.1) is 0 Å². The molecule has 0 aliphatic carbocycles. The van der Waals surface area contributed by atoms with E-state index in [-0.39, 0.29) is 19.8 Å². The number of hydrogen-bond acceptors (Lipinski definition) is 0. The van der Waals surface area contributed by atoms with Crippen molar-refractivity contribution >= 4 is 19.8 Å². The molecule has 0 aromatic heterocycles. The number of rotatable bonds is 5. The Morgan fingerprint density at radius 1 is 1.00 bits per heavy atom. The fourth-order valence-electron chi connectivity index (χ4n) is 1.56. The maximum absolute atomic E-state index is 2.30. The standard InChI is InChI=1S/C10H21I/c1-2-3-4-5-8-11-9-6-7-10-11/h2-10H2,1H3. The molecule has 0 radical (unpaired) electrons. The minimum absolute atomic E-state index is 0.283. The molecule has 0 N–H and O–H groups in total. The zero-order valence-corrected chi connectivity index (χ0v) is 9.90. The van der Waals surface area contributed by atoms with Gasteiger partial charge < -0.3 is 0 Å². The van der Waals surface area contributed by atoms with Crippen LogP contribution in [-0.2, 0) is 0 Å². The molecule has 1 saturated heterocycles. The van der Waals surface area contributed by atoms with Crippen LogP contribution in [0.4, 0.5) is 0 Å². The molecule has 1 fully saturated rings. The molecular weight excluding hydrogens is 247 g/mol. The molecule has 0 atom stereocenters. The van der Waals surface area contributed by atoms with E-state index in [0.717, 1.165) is 0 Å². The summed E-state index contributed by atoms with van der Waals surface area (Å²) in [5, 5.41) is 0. The molecule has 0 nitrogen and oxygen atoms in total. The summed E-state index contributed by atoms with van der Waals surface area (Å²) < 4.78 is 5.07. The first-order valence-corrected chi connectivity index (χ1v) is 9.59. The SMILES string of the molecule is CCCCCCI1CCCC1. The second-order valence-electron chi connectivity index (χ2n) is 3.40. The van der Waals surface area contributed by atoms with E-state index in [1.165, 1.54) is 19.3 Å². The van der Waals surface area contributed by atoms with Gasteiger partial charge in [-0.25, -0.2) is 0 Å². The third kappa shape index (κ3) is 4.34. The third-order valence-electron chi connectivity index (χ3n) is 2.31. The van der Waals surface area contributed by atoms with Gasteiger partial charge in [0, 0.05) is 0 Å². The Labute approximate surface area is 78.5 Å². The van der Waals surface area contributed by atoms with Crippen LogP contribution in [0.5, 0.6) is 0 Å². The molecule has 0 spiro atoms. The fraction of sp³-hybridized carbons (Fsp3) is 1.00. The molecule has 1 heterocycles. The van der Waals surface area contributed by atoms with Crippen molar-refractivity contribution in [2.75, 3.05) is 13.3 Å². The van der Waals surface area contributed by atoms with Crippen LogP contribution in [0.25, 0.3) is 0 Å². The summed E-state index contributed by atoms with van der Waals surface area (Å²) in [4.78, 5) is 0. The Morgan fingerprint density at radius 3 is 2.36 bits per heavy atom.